The number of aromatic nitrogens is 2. The Kier molecular flexibility index (Phi) is 6.97. The van der Waals surface area contributed by atoms with E-state index in [1.807, 2.05) is 41.6 Å². The number of carbonyl (C=O) groups excluding carboxylic acids is 1. The van der Waals surface area contributed by atoms with Crippen molar-refractivity contribution in [3.8, 4) is 5.75 Å². The van der Waals surface area contributed by atoms with Crippen LogP contribution in [0.15, 0.2) is 36.7 Å². The molecular formula is C26H34N4O4. The molecule has 5 rings (SSSR count). The fourth-order valence-electron chi connectivity index (χ4n) is 4.92. The maximum atomic E-state index is 12.9. The number of benzene rings is 1. The van der Waals surface area contributed by atoms with Crippen LogP contribution >= 0.6 is 0 Å². The SMILES string of the molecule is CCc1cnc(N2CCC(COc3ccc(C(=O)N4CCC5(CC4)OCCO5)cc3)CC2)nc1. The van der Waals surface area contributed by atoms with Gasteiger partial charge in [0.1, 0.15) is 5.75 Å². The van der Waals surface area contributed by atoms with Gasteiger partial charge in [0.2, 0.25) is 5.95 Å². The predicted octanol–water partition coefficient (Wildman–Crippen LogP) is 3.31. The van der Waals surface area contributed by atoms with Gasteiger partial charge in [-0.05, 0) is 55.0 Å². The number of rotatable bonds is 6. The lowest BCUT2D eigenvalue weighted by molar-refractivity contribution is -0.181. The second-order valence-corrected chi connectivity index (χ2v) is 9.41. The number of hydrogen-bond acceptors (Lipinski definition) is 7. The van der Waals surface area contributed by atoms with Gasteiger partial charge in [0.25, 0.3) is 5.91 Å². The van der Waals surface area contributed by atoms with E-state index in [9.17, 15) is 4.79 Å². The van der Waals surface area contributed by atoms with Crippen molar-refractivity contribution in [3.63, 3.8) is 0 Å². The van der Waals surface area contributed by atoms with Gasteiger partial charge in [0.15, 0.2) is 5.79 Å². The first-order chi connectivity index (χ1) is 16.6. The highest BCUT2D eigenvalue weighted by Crippen LogP contribution is 2.32. The summed E-state index contributed by atoms with van der Waals surface area (Å²) >= 11 is 0. The highest BCUT2D eigenvalue weighted by Gasteiger charge is 2.40. The number of anilines is 1. The number of ether oxygens (including phenoxy) is 3. The van der Waals surface area contributed by atoms with E-state index in [4.69, 9.17) is 14.2 Å². The normalized spacial score (nSPS) is 20.6. The van der Waals surface area contributed by atoms with Crippen molar-refractivity contribution >= 4 is 11.9 Å². The number of carbonyl (C=O) groups is 1. The Morgan fingerprint density at radius 3 is 2.29 bits per heavy atom. The van der Waals surface area contributed by atoms with E-state index in [-0.39, 0.29) is 5.91 Å². The minimum atomic E-state index is -0.461. The molecule has 1 amide bonds. The van der Waals surface area contributed by atoms with Crippen LogP contribution in [0.2, 0.25) is 0 Å². The molecule has 3 aliphatic rings. The van der Waals surface area contributed by atoms with Crippen LogP contribution in [0, 0.1) is 5.92 Å². The number of likely N-dealkylation sites (tertiary alicyclic amines) is 1. The van der Waals surface area contributed by atoms with E-state index in [0.29, 0.717) is 44.4 Å². The molecule has 0 aliphatic carbocycles. The molecule has 1 aromatic carbocycles. The molecule has 182 valence electrons. The molecule has 0 N–H and O–H groups in total. The molecule has 0 atom stereocenters. The standard InChI is InChI=1S/C26H34N4O4/c1-2-20-17-27-25(28-18-20)30-11-7-21(8-12-30)19-32-23-5-3-22(4-6-23)24(31)29-13-9-26(10-14-29)33-15-16-34-26/h3-6,17-18,21H,2,7-16,19H2,1H3. The van der Waals surface area contributed by atoms with Crippen LogP contribution in [0.5, 0.6) is 5.75 Å². The smallest absolute Gasteiger partial charge is 0.253 e. The third-order valence-corrected chi connectivity index (χ3v) is 7.21. The number of hydrogen-bond donors (Lipinski definition) is 0. The summed E-state index contributed by atoms with van der Waals surface area (Å²) in [4.78, 5) is 26.0. The summed E-state index contributed by atoms with van der Waals surface area (Å²) in [5.74, 6) is 1.73. The second kappa shape index (κ2) is 10.3. The van der Waals surface area contributed by atoms with E-state index in [2.05, 4.69) is 21.8 Å². The minimum absolute atomic E-state index is 0.0564. The van der Waals surface area contributed by atoms with E-state index in [1.165, 1.54) is 0 Å². The molecule has 4 heterocycles. The molecule has 1 spiro atoms. The maximum absolute atomic E-state index is 12.9. The van der Waals surface area contributed by atoms with Gasteiger partial charge in [-0.2, -0.15) is 0 Å². The quantitative estimate of drug-likeness (QED) is 0.646. The zero-order valence-corrected chi connectivity index (χ0v) is 19.9. The fraction of sp³-hybridized carbons (Fsp3) is 0.577. The lowest BCUT2D eigenvalue weighted by Gasteiger charge is -2.37. The van der Waals surface area contributed by atoms with Crippen LogP contribution in [0.3, 0.4) is 0 Å². The molecule has 1 aromatic heterocycles. The Balaban J connectivity index is 1.06. The summed E-state index contributed by atoms with van der Waals surface area (Å²) in [5, 5.41) is 0. The predicted molar refractivity (Wildman–Crippen MR) is 128 cm³/mol. The third kappa shape index (κ3) is 5.18. The van der Waals surface area contributed by atoms with Crippen LogP contribution < -0.4 is 9.64 Å². The van der Waals surface area contributed by atoms with Gasteiger partial charge < -0.3 is 24.0 Å². The molecule has 0 radical (unpaired) electrons. The molecule has 0 bridgehead atoms. The molecule has 3 aliphatic heterocycles. The van der Waals surface area contributed by atoms with Gasteiger partial charge in [-0.15, -0.1) is 0 Å². The van der Waals surface area contributed by atoms with E-state index in [0.717, 1.165) is 62.5 Å². The van der Waals surface area contributed by atoms with Crippen LogP contribution in [0.4, 0.5) is 5.95 Å². The van der Waals surface area contributed by atoms with Crippen LogP contribution in [-0.2, 0) is 15.9 Å². The summed E-state index contributed by atoms with van der Waals surface area (Å²) in [6, 6.07) is 7.54. The minimum Gasteiger partial charge on any atom is -0.493 e. The topological polar surface area (TPSA) is 77.0 Å². The van der Waals surface area contributed by atoms with Crippen molar-refractivity contribution in [2.24, 2.45) is 5.92 Å². The second-order valence-electron chi connectivity index (χ2n) is 9.41. The summed E-state index contributed by atoms with van der Waals surface area (Å²) in [6.45, 7) is 7.30. The van der Waals surface area contributed by atoms with Gasteiger partial charge in [0, 0.05) is 57.0 Å². The van der Waals surface area contributed by atoms with E-state index >= 15 is 0 Å². The van der Waals surface area contributed by atoms with Crippen molar-refractivity contribution in [1.82, 2.24) is 14.9 Å². The Labute approximate surface area is 201 Å². The number of nitrogens with zero attached hydrogens (tertiary/aromatic N) is 4. The average Bonchev–Trinajstić information content (AvgIpc) is 3.36. The first-order valence-electron chi connectivity index (χ1n) is 12.5. The van der Waals surface area contributed by atoms with Crippen molar-refractivity contribution in [3.05, 3.63) is 47.8 Å². The molecule has 34 heavy (non-hydrogen) atoms. The van der Waals surface area contributed by atoms with Crippen molar-refractivity contribution in [1.29, 1.82) is 0 Å². The van der Waals surface area contributed by atoms with Gasteiger partial charge in [-0.1, -0.05) is 6.92 Å². The Bertz CT molecular complexity index is 942. The first kappa shape index (κ1) is 23.1. The fourth-order valence-corrected chi connectivity index (χ4v) is 4.92. The highest BCUT2D eigenvalue weighted by atomic mass is 16.7. The average molecular weight is 467 g/mol. The molecule has 0 saturated carbocycles. The number of piperidine rings is 2. The van der Waals surface area contributed by atoms with Gasteiger partial charge in [-0.3, -0.25) is 4.79 Å². The van der Waals surface area contributed by atoms with Gasteiger partial charge in [-0.25, -0.2) is 9.97 Å². The van der Waals surface area contributed by atoms with E-state index in [1.54, 1.807) is 0 Å². The summed E-state index contributed by atoms with van der Waals surface area (Å²) in [6.07, 6.45) is 8.37. The summed E-state index contributed by atoms with van der Waals surface area (Å²) in [5.41, 5.74) is 1.86. The number of aryl methyl sites for hydroxylation is 1. The molecule has 0 unspecified atom stereocenters. The molecule has 3 fully saturated rings. The largest absolute Gasteiger partial charge is 0.493 e. The lowest BCUT2D eigenvalue weighted by atomic mass is 9.98. The van der Waals surface area contributed by atoms with Crippen LogP contribution in [-0.4, -0.2) is 72.6 Å². The lowest BCUT2D eigenvalue weighted by Crippen LogP contribution is -2.47. The Morgan fingerprint density at radius 2 is 1.68 bits per heavy atom. The Hall–Kier alpha value is -2.71. The van der Waals surface area contributed by atoms with Gasteiger partial charge in [0.05, 0.1) is 19.8 Å². The van der Waals surface area contributed by atoms with Crippen molar-refractivity contribution < 1.29 is 19.0 Å². The van der Waals surface area contributed by atoms with Crippen LogP contribution in [0.1, 0.15) is 48.5 Å². The highest BCUT2D eigenvalue weighted by molar-refractivity contribution is 5.94. The molecule has 8 heteroatoms. The third-order valence-electron chi connectivity index (χ3n) is 7.21. The zero-order chi connectivity index (χ0) is 23.4. The first-order valence-corrected chi connectivity index (χ1v) is 12.5. The van der Waals surface area contributed by atoms with Crippen molar-refractivity contribution in [2.75, 3.05) is 50.9 Å². The van der Waals surface area contributed by atoms with E-state index < -0.39 is 5.79 Å². The molecule has 8 nitrogen and oxygen atoms in total. The van der Waals surface area contributed by atoms with Gasteiger partial charge >= 0.3 is 0 Å². The molecule has 2 aromatic rings. The zero-order valence-electron chi connectivity index (χ0n) is 19.9. The molecular weight excluding hydrogens is 432 g/mol. The Morgan fingerprint density at radius 1 is 1.03 bits per heavy atom. The number of amides is 1. The maximum Gasteiger partial charge on any atom is 0.253 e. The van der Waals surface area contributed by atoms with Crippen molar-refractivity contribution in [2.45, 2.75) is 44.8 Å². The molecule has 3 saturated heterocycles. The summed E-state index contributed by atoms with van der Waals surface area (Å²) in [7, 11) is 0. The summed E-state index contributed by atoms with van der Waals surface area (Å²) < 4.78 is 17.6. The monoisotopic (exact) mass is 466 g/mol. The van der Waals surface area contributed by atoms with Crippen LogP contribution in [0.25, 0.3) is 0 Å².